The predicted octanol–water partition coefficient (Wildman–Crippen LogP) is 2.16. The lowest BCUT2D eigenvalue weighted by Gasteiger charge is -2.34. The maximum absolute atomic E-state index is 12.9. The van der Waals surface area contributed by atoms with E-state index in [1.807, 2.05) is 0 Å². The van der Waals surface area contributed by atoms with Gasteiger partial charge in [0.25, 0.3) is 0 Å². The second-order valence-corrected chi connectivity index (χ2v) is 7.69. The number of rotatable bonds is 4. The van der Waals surface area contributed by atoms with E-state index in [4.69, 9.17) is 22.4 Å². The first-order valence-electron chi connectivity index (χ1n) is 7.06. The molecule has 0 bridgehead atoms. The molecule has 21 heavy (non-hydrogen) atoms. The summed E-state index contributed by atoms with van der Waals surface area (Å²) in [6, 6.07) is 2.85. The van der Waals surface area contributed by atoms with Crippen LogP contribution in [0.5, 0.6) is 0 Å². The van der Waals surface area contributed by atoms with E-state index < -0.39 is 10.0 Å². The highest BCUT2D eigenvalue weighted by molar-refractivity contribution is 7.89. The van der Waals surface area contributed by atoms with Gasteiger partial charge in [0.2, 0.25) is 10.0 Å². The standard InChI is InChI=1S/C14H21ClN2O3S/c1-10-13(16)8-11(15)9-14(10)21(19,20)17-6-3-2-4-12(17)5-7-18/h8-9,12,18H,2-7,16H2,1H3. The fourth-order valence-corrected chi connectivity index (χ4v) is 5.09. The molecule has 2 rings (SSSR count). The number of nitrogen functional groups attached to an aromatic ring is 1. The van der Waals surface area contributed by atoms with E-state index in [1.54, 1.807) is 13.0 Å². The van der Waals surface area contributed by atoms with Gasteiger partial charge >= 0.3 is 0 Å². The summed E-state index contributed by atoms with van der Waals surface area (Å²) in [7, 11) is -3.65. The minimum atomic E-state index is -3.65. The Morgan fingerprint density at radius 2 is 2.14 bits per heavy atom. The van der Waals surface area contributed by atoms with Gasteiger partial charge in [0, 0.05) is 29.9 Å². The summed E-state index contributed by atoms with van der Waals surface area (Å²) in [6.07, 6.45) is 3.03. The van der Waals surface area contributed by atoms with Crippen molar-refractivity contribution in [1.82, 2.24) is 4.31 Å². The Labute approximate surface area is 130 Å². The lowest BCUT2D eigenvalue weighted by atomic mass is 10.0. The summed E-state index contributed by atoms with van der Waals surface area (Å²) in [5, 5.41) is 9.47. The van der Waals surface area contributed by atoms with Crippen molar-refractivity contribution in [2.75, 3.05) is 18.9 Å². The molecule has 0 radical (unpaired) electrons. The molecule has 7 heteroatoms. The highest BCUT2D eigenvalue weighted by atomic mass is 35.5. The van der Waals surface area contributed by atoms with Gasteiger partial charge in [0.1, 0.15) is 0 Å². The highest BCUT2D eigenvalue weighted by Crippen LogP contribution is 2.32. The molecule has 1 saturated heterocycles. The molecule has 0 saturated carbocycles. The fraction of sp³-hybridized carbons (Fsp3) is 0.571. The number of hydrogen-bond donors (Lipinski definition) is 2. The SMILES string of the molecule is Cc1c(N)cc(Cl)cc1S(=O)(=O)N1CCCCC1CCO. The molecule has 1 fully saturated rings. The number of halogens is 1. The quantitative estimate of drug-likeness (QED) is 0.827. The van der Waals surface area contributed by atoms with Crippen LogP contribution < -0.4 is 5.73 Å². The Balaban J connectivity index is 2.45. The third-order valence-electron chi connectivity index (χ3n) is 3.99. The van der Waals surface area contributed by atoms with Crippen molar-refractivity contribution < 1.29 is 13.5 Å². The second kappa shape index (κ2) is 6.52. The van der Waals surface area contributed by atoms with Gasteiger partial charge in [0.05, 0.1) is 4.90 Å². The molecule has 1 aromatic rings. The van der Waals surface area contributed by atoms with Crippen LogP contribution in [0.4, 0.5) is 5.69 Å². The minimum absolute atomic E-state index is 0.0205. The summed E-state index contributed by atoms with van der Waals surface area (Å²) >= 11 is 5.96. The van der Waals surface area contributed by atoms with Crippen LogP contribution in [0.25, 0.3) is 0 Å². The van der Waals surface area contributed by atoms with E-state index in [9.17, 15) is 8.42 Å². The fourth-order valence-electron chi connectivity index (χ4n) is 2.80. The van der Waals surface area contributed by atoms with Crippen LogP contribution in [0, 0.1) is 6.92 Å². The predicted molar refractivity (Wildman–Crippen MR) is 83.8 cm³/mol. The zero-order valence-corrected chi connectivity index (χ0v) is 13.6. The van der Waals surface area contributed by atoms with Crippen molar-refractivity contribution in [3.63, 3.8) is 0 Å². The summed E-state index contributed by atoms with van der Waals surface area (Å²) in [5.41, 5.74) is 6.73. The van der Waals surface area contributed by atoms with E-state index >= 15 is 0 Å². The van der Waals surface area contributed by atoms with Crippen molar-refractivity contribution in [2.24, 2.45) is 0 Å². The number of benzene rings is 1. The average Bonchev–Trinajstić information content (AvgIpc) is 2.43. The molecule has 1 heterocycles. The van der Waals surface area contributed by atoms with Crippen LogP contribution in [-0.2, 0) is 10.0 Å². The number of anilines is 1. The summed E-state index contributed by atoms with van der Waals surface area (Å²) < 4.78 is 27.3. The van der Waals surface area contributed by atoms with Gasteiger partial charge in [-0.25, -0.2) is 8.42 Å². The van der Waals surface area contributed by atoms with Crippen LogP contribution in [0.3, 0.4) is 0 Å². The van der Waals surface area contributed by atoms with Gasteiger partial charge in [-0.1, -0.05) is 18.0 Å². The summed E-state index contributed by atoms with van der Waals surface area (Å²) in [6.45, 7) is 2.13. The molecular weight excluding hydrogens is 312 g/mol. The molecule has 1 atom stereocenters. The van der Waals surface area contributed by atoms with Crippen molar-refractivity contribution >= 4 is 27.3 Å². The molecule has 0 amide bonds. The van der Waals surface area contributed by atoms with Gasteiger partial charge in [-0.15, -0.1) is 0 Å². The summed E-state index contributed by atoms with van der Waals surface area (Å²) in [4.78, 5) is 0.164. The molecule has 3 N–H and O–H groups in total. The number of aliphatic hydroxyl groups excluding tert-OH is 1. The van der Waals surface area contributed by atoms with Gasteiger partial charge in [0.15, 0.2) is 0 Å². The second-order valence-electron chi connectivity index (χ2n) is 5.40. The number of nitrogens with two attached hydrogens (primary N) is 1. The van der Waals surface area contributed by atoms with Gasteiger partial charge in [-0.3, -0.25) is 0 Å². The number of aliphatic hydroxyl groups is 1. The number of sulfonamides is 1. The largest absolute Gasteiger partial charge is 0.398 e. The Morgan fingerprint density at radius 1 is 1.43 bits per heavy atom. The molecule has 1 aromatic carbocycles. The van der Waals surface area contributed by atoms with Crippen LogP contribution in [0.1, 0.15) is 31.2 Å². The molecule has 1 aliphatic heterocycles. The average molecular weight is 333 g/mol. The number of nitrogens with zero attached hydrogens (tertiary/aromatic N) is 1. The molecule has 1 unspecified atom stereocenters. The van der Waals surface area contributed by atoms with Crippen molar-refractivity contribution in [1.29, 1.82) is 0 Å². The van der Waals surface area contributed by atoms with Crippen molar-refractivity contribution in [3.05, 3.63) is 22.7 Å². The van der Waals surface area contributed by atoms with Crippen LogP contribution in [0.2, 0.25) is 5.02 Å². The van der Waals surface area contributed by atoms with Crippen LogP contribution in [0.15, 0.2) is 17.0 Å². The molecule has 118 valence electrons. The number of hydrogen-bond acceptors (Lipinski definition) is 4. The van der Waals surface area contributed by atoms with E-state index in [0.717, 1.165) is 19.3 Å². The summed E-state index contributed by atoms with van der Waals surface area (Å²) in [5.74, 6) is 0. The van der Waals surface area contributed by atoms with Crippen molar-refractivity contribution in [2.45, 2.75) is 43.5 Å². The van der Waals surface area contributed by atoms with Gasteiger partial charge in [-0.2, -0.15) is 4.31 Å². The first kappa shape index (κ1) is 16.5. The normalized spacial score (nSPS) is 20.6. The topological polar surface area (TPSA) is 83.6 Å². The van der Waals surface area contributed by atoms with Crippen LogP contribution in [-0.4, -0.2) is 37.0 Å². The van der Waals surface area contributed by atoms with Crippen molar-refractivity contribution in [3.8, 4) is 0 Å². The molecule has 0 aliphatic carbocycles. The first-order chi connectivity index (χ1) is 9.87. The molecular formula is C14H21ClN2O3S. The minimum Gasteiger partial charge on any atom is -0.398 e. The zero-order chi connectivity index (χ0) is 15.6. The van der Waals surface area contributed by atoms with Gasteiger partial charge in [-0.05, 0) is 43.9 Å². The van der Waals surface area contributed by atoms with Crippen LogP contribution >= 0.6 is 11.6 Å². The van der Waals surface area contributed by atoms with E-state index in [0.29, 0.717) is 29.2 Å². The molecule has 0 spiro atoms. The van der Waals surface area contributed by atoms with E-state index in [-0.39, 0.29) is 17.5 Å². The Hall–Kier alpha value is -0.820. The van der Waals surface area contributed by atoms with E-state index in [2.05, 4.69) is 0 Å². The Kier molecular flexibility index (Phi) is 5.14. The first-order valence-corrected chi connectivity index (χ1v) is 8.88. The highest BCUT2D eigenvalue weighted by Gasteiger charge is 2.34. The Bertz CT molecular complexity index is 617. The third kappa shape index (κ3) is 3.34. The monoisotopic (exact) mass is 332 g/mol. The Morgan fingerprint density at radius 3 is 2.81 bits per heavy atom. The lowest BCUT2D eigenvalue weighted by Crippen LogP contribution is -2.44. The zero-order valence-electron chi connectivity index (χ0n) is 12.0. The molecule has 5 nitrogen and oxygen atoms in total. The molecule has 0 aromatic heterocycles. The molecule has 1 aliphatic rings. The smallest absolute Gasteiger partial charge is 0.243 e. The number of piperidine rings is 1. The maximum atomic E-state index is 12.9. The lowest BCUT2D eigenvalue weighted by molar-refractivity contribution is 0.192. The third-order valence-corrected chi connectivity index (χ3v) is 6.28. The van der Waals surface area contributed by atoms with E-state index in [1.165, 1.54) is 10.4 Å². The maximum Gasteiger partial charge on any atom is 0.243 e. The van der Waals surface area contributed by atoms with Gasteiger partial charge < -0.3 is 10.8 Å².